The van der Waals surface area contributed by atoms with E-state index in [1.54, 1.807) is 23.1 Å². The number of benzene rings is 1. The van der Waals surface area contributed by atoms with Crippen molar-refractivity contribution in [2.45, 2.75) is 51.7 Å². The molecular weight excluding hydrogens is 387 g/mol. The first kappa shape index (κ1) is 20.3. The maximum atomic E-state index is 13.2. The van der Waals surface area contributed by atoms with E-state index in [1.165, 1.54) is 0 Å². The van der Waals surface area contributed by atoms with Crippen molar-refractivity contribution in [2.24, 2.45) is 5.92 Å². The van der Waals surface area contributed by atoms with Crippen LogP contribution in [0.2, 0.25) is 10.0 Å². The molecule has 27 heavy (non-hydrogen) atoms. The van der Waals surface area contributed by atoms with Gasteiger partial charge in [0.2, 0.25) is 0 Å². The van der Waals surface area contributed by atoms with Crippen LogP contribution in [0.3, 0.4) is 0 Å². The highest BCUT2D eigenvalue weighted by Gasteiger charge is 2.38. The second kappa shape index (κ2) is 7.88. The molecule has 0 spiro atoms. The van der Waals surface area contributed by atoms with Crippen molar-refractivity contribution in [2.75, 3.05) is 19.6 Å². The van der Waals surface area contributed by atoms with E-state index in [2.05, 4.69) is 0 Å². The normalized spacial score (nSPS) is 19.9. The zero-order chi connectivity index (χ0) is 19.8. The molecule has 5 nitrogen and oxygen atoms in total. The van der Waals surface area contributed by atoms with Gasteiger partial charge in [0.25, 0.3) is 5.91 Å². The Kier molecular flexibility index (Phi) is 5.92. The molecule has 0 radical (unpaired) electrons. The minimum absolute atomic E-state index is 0.0410. The Morgan fingerprint density at radius 2 is 1.93 bits per heavy atom. The molecule has 1 aromatic carbocycles. The summed E-state index contributed by atoms with van der Waals surface area (Å²) in [6.07, 6.45) is 2.67. The van der Waals surface area contributed by atoms with Crippen molar-refractivity contribution < 1.29 is 14.3 Å². The van der Waals surface area contributed by atoms with Gasteiger partial charge in [-0.3, -0.25) is 4.79 Å². The van der Waals surface area contributed by atoms with Gasteiger partial charge >= 0.3 is 6.09 Å². The maximum absolute atomic E-state index is 13.2. The van der Waals surface area contributed by atoms with Crippen LogP contribution in [0.15, 0.2) is 18.2 Å². The minimum Gasteiger partial charge on any atom is -0.444 e. The number of likely N-dealkylation sites (tertiary alicyclic amines) is 1. The highest BCUT2D eigenvalue weighted by atomic mass is 35.5. The number of amides is 2. The topological polar surface area (TPSA) is 49.9 Å². The van der Waals surface area contributed by atoms with Crippen molar-refractivity contribution in [3.8, 4) is 0 Å². The molecule has 1 heterocycles. The molecule has 1 aromatic rings. The van der Waals surface area contributed by atoms with Gasteiger partial charge in [0, 0.05) is 19.6 Å². The van der Waals surface area contributed by atoms with Gasteiger partial charge in [-0.2, -0.15) is 0 Å². The average Bonchev–Trinajstić information content (AvgIpc) is 3.26. The van der Waals surface area contributed by atoms with Crippen LogP contribution in [0, 0.1) is 5.92 Å². The van der Waals surface area contributed by atoms with Crippen LogP contribution in [0.5, 0.6) is 0 Å². The van der Waals surface area contributed by atoms with Crippen LogP contribution in [0.4, 0.5) is 4.79 Å². The van der Waals surface area contributed by atoms with E-state index in [-0.39, 0.29) is 23.1 Å². The third-order valence-electron chi connectivity index (χ3n) is 4.85. The van der Waals surface area contributed by atoms with Gasteiger partial charge in [-0.15, -0.1) is 0 Å². The molecule has 1 unspecified atom stereocenters. The standard InChI is InChI=1S/C20H26Cl2N2O3/c1-20(2,3)27-19(26)23-10-9-14(12-23)24(11-13-7-8-13)18(25)15-5-4-6-16(21)17(15)22/h4-6,13-14H,7-12H2,1-3H3. The van der Waals surface area contributed by atoms with Gasteiger partial charge in [-0.25, -0.2) is 4.79 Å². The van der Waals surface area contributed by atoms with Crippen LogP contribution < -0.4 is 0 Å². The largest absolute Gasteiger partial charge is 0.444 e. The summed E-state index contributed by atoms with van der Waals surface area (Å²) < 4.78 is 5.47. The maximum Gasteiger partial charge on any atom is 0.410 e. The average molecular weight is 413 g/mol. The lowest BCUT2D eigenvalue weighted by molar-refractivity contribution is 0.0274. The van der Waals surface area contributed by atoms with Gasteiger partial charge in [-0.1, -0.05) is 29.3 Å². The summed E-state index contributed by atoms with van der Waals surface area (Å²) in [4.78, 5) is 29.1. The number of hydrogen-bond donors (Lipinski definition) is 0. The third kappa shape index (κ3) is 5.08. The monoisotopic (exact) mass is 412 g/mol. The summed E-state index contributed by atoms with van der Waals surface area (Å²) >= 11 is 12.4. The molecule has 1 aliphatic heterocycles. The van der Waals surface area contributed by atoms with Gasteiger partial charge in [-0.05, 0) is 58.1 Å². The van der Waals surface area contributed by atoms with Crippen LogP contribution in [0.1, 0.15) is 50.4 Å². The Morgan fingerprint density at radius 3 is 2.56 bits per heavy atom. The van der Waals surface area contributed by atoms with Gasteiger partial charge in [0.15, 0.2) is 0 Å². The zero-order valence-corrected chi connectivity index (χ0v) is 17.5. The Labute approximate surface area is 170 Å². The summed E-state index contributed by atoms with van der Waals surface area (Å²) in [5.74, 6) is 0.410. The predicted molar refractivity (Wildman–Crippen MR) is 106 cm³/mol. The molecule has 0 aromatic heterocycles. The van der Waals surface area contributed by atoms with Gasteiger partial charge in [0.1, 0.15) is 5.60 Å². The second-order valence-electron chi connectivity index (χ2n) is 8.37. The molecule has 0 N–H and O–H groups in total. The Morgan fingerprint density at radius 1 is 1.22 bits per heavy atom. The molecule has 1 saturated carbocycles. The van der Waals surface area contributed by atoms with Crippen LogP contribution >= 0.6 is 23.2 Å². The van der Waals surface area contributed by atoms with Gasteiger partial charge < -0.3 is 14.5 Å². The van der Waals surface area contributed by atoms with Gasteiger partial charge in [0.05, 0.1) is 21.7 Å². The number of rotatable bonds is 4. The molecule has 7 heteroatoms. The Hall–Kier alpha value is -1.46. The lowest BCUT2D eigenvalue weighted by Crippen LogP contribution is -2.44. The van der Waals surface area contributed by atoms with Crippen LogP contribution in [-0.2, 0) is 4.74 Å². The van der Waals surface area contributed by atoms with E-state index in [1.807, 2.05) is 25.7 Å². The number of carbonyl (C=O) groups is 2. The van der Waals surface area contributed by atoms with Crippen molar-refractivity contribution in [1.29, 1.82) is 0 Å². The van der Waals surface area contributed by atoms with Crippen molar-refractivity contribution in [3.63, 3.8) is 0 Å². The fourth-order valence-electron chi connectivity index (χ4n) is 3.29. The highest BCUT2D eigenvalue weighted by molar-refractivity contribution is 6.43. The Bertz CT molecular complexity index is 728. The third-order valence-corrected chi connectivity index (χ3v) is 5.67. The lowest BCUT2D eigenvalue weighted by Gasteiger charge is -2.30. The van der Waals surface area contributed by atoms with E-state index in [4.69, 9.17) is 27.9 Å². The van der Waals surface area contributed by atoms with E-state index in [0.717, 1.165) is 19.3 Å². The number of halogens is 2. The molecule has 148 valence electrons. The first-order valence-corrected chi connectivity index (χ1v) is 10.1. The quantitative estimate of drug-likeness (QED) is 0.709. The summed E-state index contributed by atoms with van der Waals surface area (Å²) in [5, 5.41) is 0.655. The number of ether oxygens (including phenoxy) is 1. The molecule has 1 atom stereocenters. The summed E-state index contributed by atoms with van der Waals surface area (Å²) in [6.45, 7) is 7.30. The van der Waals surface area contributed by atoms with Crippen molar-refractivity contribution >= 4 is 35.2 Å². The zero-order valence-electron chi connectivity index (χ0n) is 16.0. The molecule has 2 aliphatic rings. The predicted octanol–water partition coefficient (Wildman–Crippen LogP) is 4.86. The fourth-order valence-corrected chi connectivity index (χ4v) is 3.67. The second-order valence-corrected chi connectivity index (χ2v) is 9.16. The number of nitrogens with zero attached hydrogens (tertiary/aromatic N) is 2. The van der Waals surface area contributed by atoms with Crippen LogP contribution in [0.25, 0.3) is 0 Å². The van der Waals surface area contributed by atoms with E-state index in [0.29, 0.717) is 36.1 Å². The molecule has 1 aliphatic carbocycles. The lowest BCUT2D eigenvalue weighted by atomic mass is 10.1. The van der Waals surface area contributed by atoms with Crippen LogP contribution in [-0.4, -0.2) is 53.1 Å². The summed E-state index contributed by atoms with van der Waals surface area (Å²) in [7, 11) is 0. The van der Waals surface area contributed by atoms with E-state index >= 15 is 0 Å². The SMILES string of the molecule is CC(C)(C)OC(=O)N1CCC(N(CC2CC2)C(=O)c2cccc(Cl)c2Cl)C1. The molecule has 3 rings (SSSR count). The fraction of sp³-hybridized carbons (Fsp3) is 0.600. The van der Waals surface area contributed by atoms with Crippen molar-refractivity contribution in [1.82, 2.24) is 9.80 Å². The Balaban J connectivity index is 1.74. The number of hydrogen-bond acceptors (Lipinski definition) is 3. The first-order valence-electron chi connectivity index (χ1n) is 9.38. The van der Waals surface area contributed by atoms with E-state index in [9.17, 15) is 9.59 Å². The molecule has 2 amide bonds. The van der Waals surface area contributed by atoms with E-state index < -0.39 is 5.60 Å². The summed E-state index contributed by atoms with van der Waals surface area (Å²) in [6, 6.07) is 5.07. The first-order chi connectivity index (χ1) is 12.7. The highest BCUT2D eigenvalue weighted by Crippen LogP contribution is 2.34. The van der Waals surface area contributed by atoms with Crippen molar-refractivity contribution in [3.05, 3.63) is 33.8 Å². The number of carbonyl (C=O) groups excluding carboxylic acids is 2. The molecule has 2 fully saturated rings. The molecular formula is C20H26Cl2N2O3. The molecule has 0 bridgehead atoms. The smallest absolute Gasteiger partial charge is 0.410 e. The molecule has 1 saturated heterocycles. The summed E-state index contributed by atoms with van der Waals surface area (Å²) in [5.41, 5.74) is -0.118. The minimum atomic E-state index is -0.535.